The van der Waals surface area contributed by atoms with E-state index in [1.807, 2.05) is 17.0 Å². The van der Waals surface area contributed by atoms with E-state index < -0.39 is 0 Å². The third kappa shape index (κ3) is 3.82. The van der Waals surface area contributed by atoms with Crippen LogP contribution in [0, 0.1) is 0 Å². The summed E-state index contributed by atoms with van der Waals surface area (Å²) in [6.45, 7) is 2.51. The summed E-state index contributed by atoms with van der Waals surface area (Å²) < 4.78 is 1.41. The molecule has 26 heavy (non-hydrogen) atoms. The van der Waals surface area contributed by atoms with Crippen molar-refractivity contribution < 1.29 is 9.59 Å². The molecule has 1 fully saturated rings. The van der Waals surface area contributed by atoms with Gasteiger partial charge in [-0.2, -0.15) is 0 Å². The predicted octanol–water partition coefficient (Wildman–Crippen LogP) is 1.39. The molecule has 2 aromatic rings. The number of aromatic nitrogens is 2. The smallest absolute Gasteiger partial charge is 0.255 e. The van der Waals surface area contributed by atoms with Crippen LogP contribution in [0.3, 0.4) is 0 Å². The molecule has 0 bridgehead atoms. The van der Waals surface area contributed by atoms with Gasteiger partial charge in [-0.3, -0.25) is 19.4 Å². The van der Waals surface area contributed by atoms with E-state index in [4.69, 9.17) is 0 Å². The maximum atomic E-state index is 12.9. The maximum Gasteiger partial charge on any atom is 0.255 e. The van der Waals surface area contributed by atoms with Gasteiger partial charge in [-0.05, 0) is 36.6 Å². The van der Waals surface area contributed by atoms with Crippen LogP contribution in [0.4, 0.5) is 0 Å². The van der Waals surface area contributed by atoms with E-state index in [0.717, 1.165) is 24.1 Å². The normalized spacial score (nSPS) is 16.5. The minimum Gasteiger partial charge on any atom is -0.351 e. The van der Waals surface area contributed by atoms with Crippen LogP contribution >= 0.6 is 0 Å². The quantitative estimate of drug-likeness (QED) is 0.899. The number of nitrogens with zero attached hydrogens (tertiary/aromatic N) is 3. The SMILES string of the molecule is CC(=O)NCc1cc([C@H]2CCCN2C(=O)c2ccc(=O)n(C)c2)ccn1. The van der Waals surface area contributed by atoms with Crippen molar-refractivity contribution in [1.29, 1.82) is 0 Å². The zero-order valence-electron chi connectivity index (χ0n) is 14.9. The Morgan fingerprint density at radius 2 is 2.12 bits per heavy atom. The molecule has 3 rings (SSSR count). The van der Waals surface area contributed by atoms with E-state index in [1.165, 1.54) is 17.6 Å². The summed E-state index contributed by atoms with van der Waals surface area (Å²) in [5.74, 6) is -0.187. The standard InChI is InChI=1S/C19H22N4O3/c1-13(24)21-11-16-10-14(7-8-20-16)17-4-3-9-23(17)19(26)15-5-6-18(25)22(2)12-15/h5-8,10,12,17H,3-4,9,11H2,1-2H3,(H,21,24)/t17-/m1/s1. The van der Waals surface area contributed by atoms with Gasteiger partial charge in [0.1, 0.15) is 0 Å². The molecule has 0 aliphatic carbocycles. The molecule has 0 unspecified atom stereocenters. The summed E-state index contributed by atoms with van der Waals surface area (Å²) in [6.07, 6.45) is 5.08. The molecule has 1 aliphatic heterocycles. The first kappa shape index (κ1) is 17.8. The first-order valence-electron chi connectivity index (χ1n) is 8.62. The zero-order valence-corrected chi connectivity index (χ0v) is 14.9. The molecule has 7 heteroatoms. The third-order valence-electron chi connectivity index (χ3n) is 4.59. The lowest BCUT2D eigenvalue weighted by molar-refractivity contribution is -0.119. The second kappa shape index (κ2) is 7.51. The number of carbonyl (C=O) groups excluding carboxylic acids is 2. The van der Waals surface area contributed by atoms with E-state index in [9.17, 15) is 14.4 Å². The minimum absolute atomic E-state index is 0.0289. The molecule has 0 radical (unpaired) electrons. The fraction of sp³-hybridized carbons (Fsp3) is 0.368. The molecule has 136 valence electrons. The van der Waals surface area contributed by atoms with Gasteiger partial charge in [0.25, 0.3) is 5.91 Å². The average molecular weight is 354 g/mol. The molecule has 0 saturated carbocycles. The van der Waals surface area contributed by atoms with Crippen LogP contribution in [-0.4, -0.2) is 32.8 Å². The largest absolute Gasteiger partial charge is 0.351 e. The highest BCUT2D eigenvalue weighted by molar-refractivity contribution is 5.94. The molecule has 1 aliphatic rings. The Labute approximate surface area is 151 Å². The fourth-order valence-corrected chi connectivity index (χ4v) is 3.26. The van der Waals surface area contributed by atoms with Crippen LogP contribution < -0.4 is 10.9 Å². The van der Waals surface area contributed by atoms with Gasteiger partial charge in [-0.15, -0.1) is 0 Å². The second-order valence-electron chi connectivity index (χ2n) is 6.51. The molecule has 3 heterocycles. The molecule has 1 N–H and O–H groups in total. The van der Waals surface area contributed by atoms with Gasteiger partial charge < -0.3 is 14.8 Å². The molecule has 2 amide bonds. The van der Waals surface area contributed by atoms with Crippen molar-refractivity contribution in [2.45, 2.75) is 32.4 Å². The fourth-order valence-electron chi connectivity index (χ4n) is 3.26. The number of hydrogen-bond acceptors (Lipinski definition) is 4. The molecule has 7 nitrogen and oxygen atoms in total. The molecular weight excluding hydrogens is 332 g/mol. The van der Waals surface area contributed by atoms with Crippen molar-refractivity contribution in [2.24, 2.45) is 7.05 Å². The third-order valence-corrected chi connectivity index (χ3v) is 4.59. The van der Waals surface area contributed by atoms with Crippen LogP contribution in [0.1, 0.15) is 47.4 Å². The number of rotatable bonds is 4. The van der Waals surface area contributed by atoms with Crippen LogP contribution in [0.25, 0.3) is 0 Å². The number of amides is 2. The Kier molecular flexibility index (Phi) is 5.16. The van der Waals surface area contributed by atoms with Gasteiger partial charge in [0.15, 0.2) is 0 Å². The summed E-state index contributed by atoms with van der Waals surface area (Å²) in [7, 11) is 1.64. The Bertz CT molecular complexity index is 890. The monoisotopic (exact) mass is 354 g/mol. The van der Waals surface area contributed by atoms with Gasteiger partial charge in [0, 0.05) is 39.0 Å². The Hall–Kier alpha value is -2.96. The van der Waals surface area contributed by atoms with E-state index in [0.29, 0.717) is 18.7 Å². The average Bonchev–Trinajstić information content (AvgIpc) is 3.11. The minimum atomic E-state index is -0.142. The summed E-state index contributed by atoms with van der Waals surface area (Å²) in [5.41, 5.74) is 2.14. The number of pyridine rings is 2. The Balaban J connectivity index is 1.82. The lowest BCUT2D eigenvalue weighted by atomic mass is 10.0. The molecule has 0 spiro atoms. The summed E-state index contributed by atoms with van der Waals surface area (Å²) >= 11 is 0. The van der Waals surface area contributed by atoms with Crippen molar-refractivity contribution in [2.75, 3.05) is 6.54 Å². The van der Waals surface area contributed by atoms with E-state index in [-0.39, 0.29) is 23.4 Å². The van der Waals surface area contributed by atoms with Crippen LogP contribution in [0.5, 0.6) is 0 Å². The van der Waals surface area contributed by atoms with Gasteiger partial charge in [-0.25, -0.2) is 0 Å². The van der Waals surface area contributed by atoms with E-state index >= 15 is 0 Å². The molecule has 1 atom stereocenters. The Morgan fingerprint density at radius 1 is 1.31 bits per heavy atom. The maximum absolute atomic E-state index is 12.9. The number of carbonyl (C=O) groups is 2. The van der Waals surface area contributed by atoms with Crippen LogP contribution in [0.2, 0.25) is 0 Å². The van der Waals surface area contributed by atoms with Gasteiger partial charge >= 0.3 is 0 Å². The lowest BCUT2D eigenvalue weighted by Gasteiger charge is -2.25. The van der Waals surface area contributed by atoms with Gasteiger partial charge in [0.05, 0.1) is 23.8 Å². The number of hydrogen-bond donors (Lipinski definition) is 1. The van der Waals surface area contributed by atoms with Crippen molar-refractivity contribution in [3.05, 3.63) is 63.8 Å². The topological polar surface area (TPSA) is 84.3 Å². The van der Waals surface area contributed by atoms with Crippen molar-refractivity contribution in [3.8, 4) is 0 Å². The van der Waals surface area contributed by atoms with Crippen LogP contribution in [-0.2, 0) is 18.4 Å². The van der Waals surface area contributed by atoms with Gasteiger partial charge in [-0.1, -0.05) is 0 Å². The highest BCUT2D eigenvalue weighted by Gasteiger charge is 2.31. The van der Waals surface area contributed by atoms with Crippen LogP contribution in [0.15, 0.2) is 41.5 Å². The zero-order chi connectivity index (χ0) is 18.7. The van der Waals surface area contributed by atoms with Crippen molar-refractivity contribution in [3.63, 3.8) is 0 Å². The van der Waals surface area contributed by atoms with Gasteiger partial charge in [0.2, 0.25) is 11.5 Å². The van der Waals surface area contributed by atoms with E-state index in [1.54, 1.807) is 25.5 Å². The Morgan fingerprint density at radius 3 is 2.85 bits per heavy atom. The lowest BCUT2D eigenvalue weighted by Crippen LogP contribution is -2.31. The number of aryl methyl sites for hydroxylation is 1. The first-order valence-corrected chi connectivity index (χ1v) is 8.62. The summed E-state index contributed by atoms with van der Waals surface area (Å²) in [5, 5.41) is 2.74. The number of likely N-dealkylation sites (tertiary alicyclic amines) is 1. The molecule has 2 aromatic heterocycles. The highest BCUT2D eigenvalue weighted by atomic mass is 16.2. The predicted molar refractivity (Wildman–Crippen MR) is 96.5 cm³/mol. The van der Waals surface area contributed by atoms with Crippen molar-refractivity contribution >= 4 is 11.8 Å². The number of nitrogens with one attached hydrogen (secondary N) is 1. The highest BCUT2D eigenvalue weighted by Crippen LogP contribution is 2.33. The first-order chi connectivity index (χ1) is 12.5. The molecule has 1 saturated heterocycles. The van der Waals surface area contributed by atoms with Crippen molar-refractivity contribution in [1.82, 2.24) is 19.8 Å². The summed E-state index contributed by atoms with van der Waals surface area (Å²) in [6, 6.07) is 6.81. The summed E-state index contributed by atoms with van der Waals surface area (Å²) in [4.78, 5) is 41.7. The molecular formula is C19H22N4O3. The second-order valence-corrected chi connectivity index (χ2v) is 6.51. The molecule has 0 aromatic carbocycles. The van der Waals surface area contributed by atoms with E-state index in [2.05, 4.69) is 10.3 Å².